The molecule has 0 aliphatic rings. The fourth-order valence-corrected chi connectivity index (χ4v) is 3.02. The van der Waals surface area contributed by atoms with Crippen molar-refractivity contribution in [1.82, 2.24) is 10.2 Å². The zero-order chi connectivity index (χ0) is 16.7. The molecule has 2 amide bonds. The van der Waals surface area contributed by atoms with Gasteiger partial charge in [-0.2, -0.15) is 0 Å². The molecule has 0 spiro atoms. The van der Waals surface area contributed by atoms with Gasteiger partial charge in [0, 0.05) is 41.8 Å². The highest BCUT2D eigenvalue weighted by Crippen LogP contribution is 2.22. The average molecular weight is 324 g/mol. The SMILES string of the molecule is CCCNC(=O)CN(C)C(=O)CCC(=O)c1cc(C)sc1C. The van der Waals surface area contributed by atoms with Gasteiger partial charge in [-0.15, -0.1) is 11.3 Å². The van der Waals surface area contributed by atoms with E-state index in [4.69, 9.17) is 0 Å². The summed E-state index contributed by atoms with van der Waals surface area (Å²) in [5, 5.41) is 2.72. The Kier molecular flexibility index (Phi) is 7.24. The third-order valence-electron chi connectivity index (χ3n) is 3.29. The predicted octanol–water partition coefficient (Wildman–Crippen LogP) is 2.31. The number of nitrogens with one attached hydrogen (secondary N) is 1. The maximum Gasteiger partial charge on any atom is 0.239 e. The van der Waals surface area contributed by atoms with E-state index in [-0.39, 0.29) is 37.0 Å². The van der Waals surface area contributed by atoms with Crippen LogP contribution >= 0.6 is 11.3 Å². The first-order valence-corrected chi connectivity index (χ1v) is 8.27. The quantitative estimate of drug-likeness (QED) is 0.746. The summed E-state index contributed by atoms with van der Waals surface area (Å²) >= 11 is 1.58. The number of Topliss-reactive ketones (excluding diaryl/α,β-unsaturated/α-hetero) is 1. The molecule has 0 saturated carbocycles. The Bertz CT molecular complexity index is 552. The van der Waals surface area contributed by atoms with Crippen LogP contribution in [0.4, 0.5) is 0 Å². The number of aryl methyl sites for hydroxylation is 2. The van der Waals surface area contributed by atoms with Crippen molar-refractivity contribution < 1.29 is 14.4 Å². The number of ketones is 1. The highest BCUT2D eigenvalue weighted by atomic mass is 32.1. The van der Waals surface area contributed by atoms with Crippen LogP contribution in [0.2, 0.25) is 0 Å². The van der Waals surface area contributed by atoms with Crippen molar-refractivity contribution in [2.24, 2.45) is 0 Å². The predicted molar refractivity (Wildman–Crippen MR) is 88.3 cm³/mol. The smallest absolute Gasteiger partial charge is 0.239 e. The fraction of sp³-hybridized carbons (Fsp3) is 0.562. The van der Waals surface area contributed by atoms with Crippen LogP contribution in [0.1, 0.15) is 46.3 Å². The fourth-order valence-electron chi connectivity index (χ4n) is 2.08. The number of rotatable bonds is 8. The zero-order valence-corrected chi connectivity index (χ0v) is 14.5. The molecule has 0 unspecified atom stereocenters. The first kappa shape index (κ1) is 18.4. The lowest BCUT2D eigenvalue weighted by Gasteiger charge is -2.16. The molecular formula is C16H24N2O3S. The summed E-state index contributed by atoms with van der Waals surface area (Å²) in [4.78, 5) is 39.1. The molecule has 0 bridgehead atoms. The minimum absolute atomic E-state index is 0.0148. The summed E-state index contributed by atoms with van der Waals surface area (Å²) in [5.41, 5.74) is 0.707. The lowest BCUT2D eigenvalue weighted by atomic mass is 10.1. The maximum absolute atomic E-state index is 12.1. The van der Waals surface area contributed by atoms with Gasteiger partial charge in [0.25, 0.3) is 0 Å². The van der Waals surface area contributed by atoms with Gasteiger partial charge in [0.1, 0.15) is 0 Å². The first-order valence-electron chi connectivity index (χ1n) is 7.46. The number of nitrogens with zero attached hydrogens (tertiary/aromatic N) is 1. The standard InChI is InChI=1S/C16H24N2O3S/c1-5-8-17-15(20)10-18(4)16(21)7-6-14(19)13-9-11(2)22-12(13)3/h9H,5-8,10H2,1-4H3,(H,17,20). The van der Waals surface area contributed by atoms with Crippen molar-refractivity contribution in [2.45, 2.75) is 40.0 Å². The Hall–Kier alpha value is -1.69. The monoisotopic (exact) mass is 324 g/mol. The number of hydrogen-bond acceptors (Lipinski definition) is 4. The van der Waals surface area contributed by atoms with Crippen molar-refractivity contribution in [3.8, 4) is 0 Å². The summed E-state index contributed by atoms with van der Waals surface area (Å²) in [6.45, 7) is 6.48. The molecule has 1 aromatic rings. The van der Waals surface area contributed by atoms with Crippen LogP contribution in [-0.2, 0) is 9.59 Å². The van der Waals surface area contributed by atoms with Gasteiger partial charge < -0.3 is 10.2 Å². The molecule has 1 N–H and O–H groups in total. The Morgan fingerprint density at radius 1 is 1.23 bits per heavy atom. The third kappa shape index (κ3) is 5.60. The first-order chi connectivity index (χ1) is 10.3. The molecule has 5 nitrogen and oxygen atoms in total. The van der Waals surface area contributed by atoms with Gasteiger partial charge in [-0.05, 0) is 26.3 Å². The second-order valence-corrected chi connectivity index (χ2v) is 6.81. The number of carbonyl (C=O) groups is 3. The highest BCUT2D eigenvalue weighted by Gasteiger charge is 2.17. The van der Waals surface area contributed by atoms with Crippen LogP contribution in [0.5, 0.6) is 0 Å². The minimum Gasteiger partial charge on any atom is -0.355 e. The summed E-state index contributed by atoms with van der Waals surface area (Å²) in [7, 11) is 1.58. The van der Waals surface area contributed by atoms with E-state index in [0.29, 0.717) is 12.1 Å². The second-order valence-electron chi connectivity index (χ2n) is 5.35. The molecule has 1 rings (SSSR count). The Labute approximate surface area is 135 Å². The van der Waals surface area contributed by atoms with Crippen LogP contribution in [0.15, 0.2) is 6.07 Å². The molecule has 122 valence electrons. The van der Waals surface area contributed by atoms with Gasteiger partial charge in [-0.3, -0.25) is 14.4 Å². The van der Waals surface area contributed by atoms with Crippen molar-refractivity contribution in [1.29, 1.82) is 0 Å². The highest BCUT2D eigenvalue weighted by molar-refractivity contribution is 7.12. The van der Waals surface area contributed by atoms with Gasteiger partial charge in [0.05, 0.1) is 6.54 Å². The van der Waals surface area contributed by atoms with E-state index in [9.17, 15) is 14.4 Å². The second kappa shape index (κ2) is 8.68. The van der Waals surface area contributed by atoms with Crippen LogP contribution in [0, 0.1) is 13.8 Å². The summed E-state index contributed by atoms with van der Waals surface area (Å²) in [6.07, 6.45) is 1.17. The van der Waals surface area contributed by atoms with Crippen molar-refractivity contribution in [2.75, 3.05) is 20.1 Å². The number of carbonyl (C=O) groups excluding carboxylic acids is 3. The van der Waals surface area contributed by atoms with E-state index < -0.39 is 0 Å². The topological polar surface area (TPSA) is 66.5 Å². The van der Waals surface area contributed by atoms with E-state index >= 15 is 0 Å². The van der Waals surface area contributed by atoms with Crippen LogP contribution in [0.3, 0.4) is 0 Å². The van der Waals surface area contributed by atoms with E-state index in [2.05, 4.69) is 5.32 Å². The molecule has 0 saturated heterocycles. The number of thiophene rings is 1. The summed E-state index contributed by atoms with van der Waals surface area (Å²) < 4.78 is 0. The van der Waals surface area contributed by atoms with E-state index in [0.717, 1.165) is 16.2 Å². The Balaban J connectivity index is 2.43. The van der Waals surface area contributed by atoms with Crippen LogP contribution < -0.4 is 5.32 Å². The van der Waals surface area contributed by atoms with Gasteiger partial charge in [0.15, 0.2) is 5.78 Å². The average Bonchev–Trinajstić information content (AvgIpc) is 2.80. The molecule has 0 aliphatic heterocycles. The normalized spacial score (nSPS) is 10.4. The lowest BCUT2D eigenvalue weighted by molar-refractivity contribution is -0.134. The van der Waals surface area contributed by atoms with E-state index in [1.807, 2.05) is 26.8 Å². The number of hydrogen-bond donors (Lipinski definition) is 1. The van der Waals surface area contributed by atoms with Crippen molar-refractivity contribution in [3.05, 3.63) is 21.4 Å². The van der Waals surface area contributed by atoms with Gasteiger partial charge in [-0.25, -0.2) is 0 Å². The molecule has 0 atom stereocenters. The van der Waals surface area contributed by atoms with E-state index in [1.54, 1.807) is 18.4 Å². The Morgan fingerprint density at radius 3 is 2.45 bits per heavy atom. The molecule has 0 aromatic carbocycles. The van der Waals surface area contributed by atoms with E-state index in [1.165, 1.54) is 4.90 Å². The molecule has 0 fully saturated rings. The van der Waals surface area contributed by atoms with Crippen LogP contribution in [-0.4, -0.2) is 42.6 Å². The largest absolute Gasteiger partial charge is 0.355 e. The van der Waals surface area contributed by atoms with Crippen LogP contribution in [0.25, 0.3) is 0 Å². The molecule has 0 radical (unpaired) electrons. The zero-order valence-electron chi connectivity index (χ0n) is 13.7. The molecule has 0 aliphatic carbocycles. The minimum atomic E-state index is -0.190. The van der Waals surface area contributed by atoms with Gasteiger partial charge in [0.2, 0.25) is 11.8 Å². The van der Waals surface area contributed by atoms with Crippen molar-refractivity contribution in [3.63, 3.8) is 0 Å². The maximum atomic E-state index is 12.1. The van der Waals surface area contributed by atoms with Gasteiger partial charge >= 0.3 is 0 Å². The summed E-state index contributed by atoms with van der Waals surface area (Å²) in [5.74, 6) is -0.378. The van der Waals surface area contributed by atoms with Gasteiger partial charge in [-0.1, -0.05) is 6.92 Å². The Morgan fingerprint density at radius 2 is 1.91 bits per heavy atom. The molecule has 1 aromatic heterocycles. The van der Waals surface area contributed by atoms with Crippen molar-refractivity contribution >= 4 is 28.9 Å². The molecule has 1 heterocycles. The number of amides is 2. The molecule has 22 heavy (non-hydrogen) atoms. The summed E-state index contributed by atoms with van der Waals surface area (Å²) in [6, 6.07) is 1.87. The number of likely N-dealkylation sites (N-methyl/N-ethyl adjacent to an activating group) is 1. The molecular weight excluding hydrogens is 300 g/mol. The lowest BCUT2D eigenvalue weighted by Crippen LogP contribution is -2.38. The third-order valence-corrected chi connectivity index (χ3v) is 4.25. The molecule has 6 heteroatoms.